The highest BCUT2D eigenvalue weighted by atomic mass is 35.5. The number of hydrogen-bond acceptors (Lipinski definition) is 2. The Kier molecular flexibility index (Phi) is 4.83. The molecule has 0 aliphatic rings. The van der Waals surface area contributed by atoms with Gasteiger partial charge in [0, 0.05) is 5.69 Å². The predicted molar refractivity (Wildman–Crippen MR) is 82.2 cm³/mol. The van der Waals surface area contributed by atoms with Crippen LogP contribution >= 0.6 is 23.2 Å². The third kappa shape index (κ3) is 3.54. The Morgan fingerprint density at radius 1 is 1.00 bits per heavy atom. The quantitative estimate of drug-likeness (QED) is 0.932. The average Bonchev–Trinajstić information content (AvgIpc) is 2.48. The van der Waals surface area contributed by atoms with Gasteiger partial charge in [0.1, 0.15) is 6.54 Å². The van der Waals surface area contributed by atoms with Crippen molar-refractivity contribution in [3.8, 4) is 0 Å². The number of amides is 1. The number of para-hydroxylation sites is 1. The molecule has 2 aromatic rings. The zero-order valence-corrected chi connectivity index (χ0v) is 12.3. The van der Waals surface area contributed by atoms with Gasteiger partial charge in [-0.15, -0.1) is 0 Å². The summed E-state index contributed by atoms with van der Waals surface area (Å²) in [6, 6.07) is 13.2. The zero-order valence-electron chi connectivity index (χ0n) is 10.8. The summed E-state index contributed by atoms with van der Waals surface area (Å²) in [5, 5.41) is 9.36. The van der Waals surface area contributed by atoms with E-state index in [1.54, 1.807) is 42.5 Å². The van der Waals surface area contributed by atoms with Crippen molar-refractivity contribution in [3.05, 3.63) is 64.1 Å². The molecule has 0 saturated carbocycles. The van der Waals surface area contributed by atoms with Crippen molar-refractivity contribution in [2.75, 3.05) is 11.4 Å². The Bertz CT molecular complexity index is 674. The van der Waals surface area contributed by atoms with E-state index in [9.17, 15) is 9.59 Å². The maximum absolute atomic E-state index is 12.6. The first-order valence-corrected chi connectivity index (χ1v) is 6.79. The Morgan fingerprint density at radius 2 is 1.67 bits per heavy atom. The first-order chi connectivity index (χ1) is 10.0. The molecular weight excluding hydrogens is 313 g/mol. The topological polar surface area (TPSA) is 57.6 Å². The van der Waals surface area contributed by atoms with Crippen LogP contribution < -0.4 is 4.90 Å². The van der Waals surface area contributed by atoms with Crippen LogP contribution in [0.2, 0.25) is 10.0 Å². The SMILES string of the molecule is O=C(O)CN(C(=O)c1cccc(Cl)c1Cl)c1ccccc1. The average molecular weight is 324 g/mol. The Balaban J connectivity index is 2.44. The van der Waals surface area contributed by atoms with Gasteiger partial charge in [0.15, 0.2) is 0 Å². The molecular formula is C15H11Cl2NO3. The van der Waals surface area contributed by atoms with Crippen molar-refractivity contribution in [2.24, 2.45) is 0 Å². The van der Waals surface area contributed by atoms with Gasteiger partial charge < -0.3 is 5.11 Å². The molecule has 0 spiro atoms. The number of carboxylic acids is 1. The molecule has 0 aliphatic heterocycles. The number of carbonyl (C=O) groups excluding carboxylic acids is 1. The molecule has 0 aromatic heterocycles. The van der Waals surface area contributed by atoms with Crippen molar-refractivity contribution in [1.29, 1.82) is 0 Å². The second-order valence-electron chi connectivity index (χ2n) is 4.22. The lowest BCUT2D eigenvalue weighted by molar-refractivity contribution is -0.135. The van der Waals surface area contributed by atoms with E-state index in [4.69, 9.17) is 28.3 Å². The fraction of sp³-hybridized carbons (Fsp3) is 0.0667. The van der Waals surface area contributed by atoms with Gasteiger partial charge >= 0.3 is 5.97 Å². The number of halogens is 2. The number of carbonyl (C=O) groups is 2. The van der Waals surface area contributed by atoms with Gasteiger partial charge in [-0.25, -0.2) is 0 Å². The Morgan fingerprint density at radius 3 is 2.29 bits per heavy atom. The third-order valence-electron chi connectivity index (χ3n) is 2.79. The smallest absolute Gasteiger partial charge is 0.323 e. The van der Waals surface area contributed by atoms with Crippen molar-refractivity contribution >= 4 is 40.8 Å². The van der Waals surface area contributed by atoms with Gasteiger partial charge in [0.25, 0.3) is 5.91 Å². The van der Waals surface area contributed by atoms with Gasteiger partial charge in [0.2, 0.25) is 0 Å². The normalized spacial score (nSPS) is 10.2. The van der Waals surface area contributed by atoms with Gasteiger partial charge in [-0.2, -0.15) is 0 Å². The lowest BCUT2D eigenvalue weighted by Gasteiger charge is -2.21. The van der Waals surface area contributed by atoms with E-state index in [2.05, 4.69) is 0 Å². The van der Waals surface area contributed by atoms with Gasteiger partial charge in [-0.3, -0.25) is 14.5 Å². The molecule has 1 amide bonds. The predicted octanol–water partition coefficient (Wildman–Crippen LogP) is 3.72. The summed E-state index contributed by atoms with van der Waals surface area (Å²) >= 11 is 11.9. The minimum atomic E-state index is -1.12. The van der Waals surface area contributed by atoms with E-state index < -0.39 is 18.4 Å². The number of aliphatic carboxylic acids is 1. The minimum Gasteiger partial charge on any atom is -0.480 e. The Hall–Kier alpha value is -2.04. The number of nitrogens with zero attached hydrogens (tertiary/aromatic N) is 1. The maximum atomic E-state index is 12.6. The molecule has 21 heavy (non-hydrogen) atoms. The standard InChI is InChI=1S/C15H11Cl2NO3/c16-12-8-4-7-11(14(12)17)15(21)18(9-13(19)20)10-5-2-1-3-6-10/h1-8H,9H2,(H,19,20). The number of hydrogen-bond donors (Lipinski definition) is 1. The number of benzene rings is 2. The molecule has 108 valence electrons. The summed E-state index contributed by atoms with van der Waals surface area (Å²) < 4.78 is 0. The van der Waals surface area contributed by atoms with E-state index in [1.165, 1.54) is 6.07 Å². The summed E-state index contributed by atoms with van der Waals surface area (Å²) in [5.74, 6) is -1.64. The van der Waals surface area contributed by atoms with Crippen LogP contribution in [0.4, 0.5) is 5.69 Å². The minimum absolute atomic E-state index is 0.107. The molecule has 2 aromatic carbocycles. The third-order valence-corrected chi connectivity index (χ3v) is 3.61. The van der Waals surface area contributed by atoms with E-state index in [0.29, 0.717) is 5.69 Å². The number of rotatable bonds is 4. The van der Waals surface area contributed by atoms with Crippen LogP contribution in [0, 0.1) is 0 Å². The second kappa shape index (κ2) is 6.61. The number of anilines is 1. The largest absolute Gasteiger partial charge is 0.480 e. The summed E-state index contributed by atoms with van der Waals surface area (Å²) in [6.07, 6.45) is 0. The molecule has 0 atom stereocenters. The van der Waals surface area contributed by atoms with E-state index in [-0.39, 0.29) is 15.6 Å². The highest BCUT2D eigenvalue weighted by Gasteiger charge is 2.23. The van der Waals surface area contributed by atoms with Gasteiger partial charge in [0.05, 0.1) is 15.6 Å². The summed E-state index contributed by atoms with van der Waals surface area (Å²) in [6.45, 7) is -0.467. The molecule has 4 nitrogen and oxygen atoms in total. The van der Waals surface area contributed by atoms with Crippen LogP contribution in [-0.4, -0.2) is 23.5 Å². The van der Waals surface area contributed by atoms with Crippen LogP contribution in [0.15, 0.2) is 48.5 Å². The van der Waals surface area contributed by atoms with Crippen LogP contribution in [-0.2, 0) is 4.79 Å². The highest BCUT2D eigenvalue weighted by molar-refractivity contribution is 6.44. The van der Waals surface area contributed by atoms with E-state index in [1.807, 2.05) is 0 Å². The zero-order chi connectivity index (χ0) is 15.4. The first kappa shape index (κ1) is 15.4. The van der Waals surface area contributed by atoms with Crippen LogP contribution in [0.25, 0.3) is 0 Å². The molecule has 0 fully saturated rings. The molecule has 0 aliphatic carbocycles. The van der Waals surface area contributed by atoms with Crippen molar-refractivity contribution in [3.63, 3.8) is 0 Å². The summed E-state index contributed by atoms with van der Waals surface area (Å²) in [4.78, 5) is 24.7. The maximum Gasteiger partial charge on any atom is 0.323 e. The van der Waals surface area contributed by atoms with Crippen molar-refractivity contribution < 1.29 is 14.7 Å². The molecule has 0 saturated heterocycles. The second-order valence-corrected chi connectivity index (χ2v) is 5.01. The van der Waals surface area contributed by atoms with E-state index >= 15 is 0 Å². The van der Waals surface area contributed by atoms with Crippen LogP contribution in [0.3, 0.4) is 0 Å². The molecule has 0 heterocycles. The highest BCUT2D eigenvalue weighted by Crippen LogP contribution is 2.28. The van der Waals surface area contributed by atoms with Gasteiger partial charge in [-0.05, 0) is 24.3 Å². The van der Waals surface area contributed by atoms with Gasteiger partial charge in [-0.1, -0.05) is 47.5 Å². The van der Waals surface area contributed by atoms with Crippen LogP contribution in [0.5, 0.6) is 0 Å². The number of carboxylic acid groups (broad SMARTS) is 1. The Labute approximate surface area is 131 Å². The molecule has 0 radical (unpaired) electrons. The first-order valence-electron chi connectivity index (χ1n) is 6.03. The monoisotopic (exact) mass is 323 g/mol. The van der Waals surface area contributed by atoms with E-state index in [0.717, 1.165) is 4.90 Å². The lowest BCUT2D eigenvalue weighted by atomic mass is 10.1. The fourth-order valence-electron chi connectivity index (χ4n) is 1.84. The molecule has 0 bridgehead atoms. The fourth-order valence-corrected chi connectivity index (χ4v) is 2.22. The molecule has 0 unspecified atom stereocenters. The van der Waals surface area contributed by atoms with Crippen molar-refractivity contribution in [1.82, 2.24) is 0 Å². The van der Waals surface area contributed by atoms with Crippen LogP contribution in [0.1, 0.15) is 10.4 Å². The summed E-state index contributed by atoms with van der Waals surface area (Å²) in [7, 11) is 0. The molecule has 6 heteroatoms. The lowest BCUT2D eigenvalue weighted by Crippen LogP contribution is -2.35. The molecule has 1 N–H and O–H groups in total. The van der Waals surface area contributed by atoms with Crippen molar-refractivity contribution in [2.45, 2.75) is 0 Å². The summed E-state index contributed by atoms with van der Waals surface area (Å²) in [5.41, 5.74) is 0.634. The molecule has 2 rings (SSSR count).